The summed E-state index contributed by atoms with van der Waals surface area (Å²) in [5.41, 5.74) is 6.09. The number of aromatic nitrogens is 2. The molecule has 1 fully saturated rings. The zero-order valence-electron chi connectivity index (χ0n) is 8.61. The lowest BCUT2D eigenvalue weighted by Gasteiger charge is -2.24. The van der Waals surface area contributed by atoms with Gasteiger partial charge >= 0.3 is 0 Å². The molecule has 0 aromatic carbocycles. The van der Waals surface area contributed by atoms with Gasteiger partial charge in [-0.3, -0.25) is 4.90 Å². The second kappa shape index (κ2) is 4.11. The van der Waals surface area contributed by atoms with Crippen molar-refractivity contribution in [1.82, 2.24) is 14.9 Å². The zero-order chi connectivity index (χ0) is 9.97. The first-order valence-electron chi connectivity index (χ1n) is 5.32. The van der Waals surface area contributed by atoms with E-state index in [-0.39, 0.29) is 6.04 Å². The van der Waals surface area contributed by atoms with E-state index in [1.165, 1.54) is 6.42 Å². The Morgan fingerprint density at radius 2 is 2.57 bits per heavy atom. The summed E-state index contributed by atoms with van der Waals surface area (Å²) in [7, 11) is 0. The maximum absolute atomic E-state index is 6.09. The number of hydrogen-bond donors (Lipinski definition) is 2. The van der Waals surface area contributed by atoms with Gasteiger partial charge in [-0.15, -0.1) is 0 Å². The van der Waals surface area contributed by atoms with Gasteiger partial charge in [-0.05, 0) is 19.4 Å². The Bertz CT molecular complexity index is 268. The second-order valence-corrected chi connectivity index (χ2v) is 3.91. The Morgan fingerprint density at radius 3 is 3.21 bits per heavy atom. The molecule has 0 radical (unpaired) electrons. The van der Waals surface area contributed by atoms with Crippen LogP contribution in [0.2, 0.25) is 0 Å². The van der Waals surface area contributed by atoms with Crippen molar-refractivity contribution >= 4 is 0 Å². The van der Waals surface area contributed by atoms with Crippen molar-refractivity contribution in [2.24, 2.45) is 5.73 Å². The van der Waals surface area contributed by atoms with E-state index >= 15 is 0 Å². The van der Waals surface area contributed by atoms with E-state index < -0.39 is 0 Å². The summed E-state index contributed by atoms with van der Waals surface area (Å²) < 4.78 is 0. The van der Waals surface area contributed by atoms with Crippen molar-refractivity contribution in [2.45, 2.75) is 31.8 Å². The van der Waals surface area contributed by atoms with Gasteiger partial charge in [-0.25, -0.2) is 4.98 Å². The molecule has 0 amide bonds. The van der Waals surface area contributed by atoms with Crippen molar-refractivity contribution in [1.29, 1.82) is 0 Å². The monoisotopic (exact) mass is 194 g/mol. The van der Waals surface area contributed by atoms with Crippen LogP contribution in [-0.2, 0) is 0 Å². The molecule has 1 aromatic rings. The standard InChI is InChI=1S/C10H18N4/c1-2-6-14-7-3-8(11)9(14)10-12-4-5-13-10/h4-5,8-9H,2-3,6-7,11H2,1H3,(H,12,13)/t8-,9-/m0/s1. The number of rotatable bonds is 3. The van der Waals surface area contributed by atoms with Crippen molar-refractivity contribution in [2.75, 3.05) is 13.1 Å². The van der Waals surface area contributed by atoms with Crippen LogP contribution in [0.15, 0.2) is 12.4 Å². The zero-order valence-corrected chi connectivity index (χ0v) is 8.61. The maximum Gasteiger partial charge on any atom is 0.125 e. The molecule has 0 bridgehead atoms. The van der Waals surface area contributed by atoms with Gasteiger partial charge in [-0.2, -0.15) is 0 Å². The highest BCUT2D eigenvalue weighted by molar-refractivity contribution is 5.04. The van der Waals surface area contributed by atoms with Crippen LogP contribution in [0.5, 0.6) is 0 Å². The van der Waals surface area contributed by atoms with Crippen molar-refractivity contribution in [3.63, 3.8) is 0 Å². The first-order chi connectivity index (χ1) is 6.83. The molecule has 2 atom stereocenters. The third-order valence-corrected chi connectivity index (χ3v) is 2.86. The summed E-state index contributed by atoms with van der Waals surface area (Å²) in [4.78, 5) is 9.89. The van der Waals surface area contributed by atoms with Gasteiger partial charge < -0.3 is 10.7 Å². The summed E-state index contributed by atoms with van der Waals surface area (Å²) in [5, 5.41) is 0. The molecule has 1 aliphatic heterocycles. The molecule has 14 heavy (non-hydrogen) atoms. The van der Waals surface area contributed by atoms with Crippen LogP contribution in [0.1, 0.15) is 31.6 Å². The highest BCUT2D eigenvalue weighted by Gasteiger charge is 2.33. The Morgan fingerprint density at radius 1 is 1.71 bits per heavy atom. The van der Waals surface area contributed by atoms with Gasteiger partial charge in [-0.1, -0.05) is 6.92 Å². The van der Waals surface area contributed by atoms with Gasteiger partial charge in [0.2, 0.25) is 0 Å². The van der Waals surface area contributed by atoms with E-state index in [2.05, 4.69) is 21.8 Å². The van der Waals surface area contributed by atoms with Crippen LogP contribution in [0.3, 0.4) is 0 Å². The lowest BCUT2D eigenvalue weighted by Crippen LogP contribution is -2.33. The minimum atomic E-state index is 0.229. The molecule has 2 heterocycles. The van der Waals surface area contributed by atoms with Crippen LogP contribution in [0.4, 0.5) is 0 Å². The predicted molar refractivity (Wildman–Crippen MR) is 55.8 cm³/mol. The fraction of sp³-hybridized carbons (Fsp3) is 0.700. The van der Waals surface area contributed by atoms with Gasteiger partial charge in [0.15, 0.2) is 0 Å². The molecule has 2 rings (SSSR count). The fourth-order valence-electron chi connectivity index (χ4n) is 2.24. The molecule has 0 unspecified atom stereocenters. The minimum Gasteiger partial charge on any atom is -0.347 e. The molecule has 1 saturated heterocycles. The largest absolute Gasteiger partial charge is 0.347 e. The molecule has 0 saturated carbocycles. The van der Waals surface area contributed by atoms with E-state index in [1.807, 2.05) is 6.20 Å². The van der Waals surface area contributed by atoms with Crippen LogP contribution < -0.4 is 5.73 Å². The van der Waals surface area contributed by atoms with E-state index in [9.17, 15) is 0 Å². The highest BCUT2D eigenvalue weighted by Crippen LogP contribution is 2.28. The lowest BCUT2D eigenvalue weighted by molar-refractivity contribution is 0.240. The summed E-state index contributed by atoms with van der Waals surface area (Å²) in [6.45, 7) is 4.41. The van der Waals surface area contributed by atoms with Crippen molar-refractivity contribution in [3.05, 3.63) is 18.2 Å². The summed E-state index contributed by atoms with van der Waals surface area (Å²) in [6, 6.07) is 0.526. The molecular formula is C10H18N4. The number of nitrogens with one attached hydrogen (secondary N) is 1. The topological polar surface area (TPSA) is 57.9 Å². The second-order valence-electron chi connectivity index (χ2n) is 3.91. The van der Waals surface area contributed by atoms with Gasteiger partial charge in [0.05, 0.1) is 6.04 Å². The first kappa shape index (κ1) is 9.68. The maximum atomic E-state index is 6.09. The van der Waals surface area contributed by atoms with Gasteiger partial charge in [0.1, 0.15) is 5.82 Å². The molecule has 1 aliphatic rings. The summed E-state index contributed by atoms with van der Waals surface area (Å²) in [5.74, 6) is 1.02. The van der Waals surface area contributed by atoms with Crippen LogP contribution in [-0.4, -0.2) is 34.0 Å². The molecule has 0 spiro atoms. The van der Waals surface area contributed by atoms with E-state index in [0.717, 1.165) is 25.3 Å². The Kier molecular flexibility index (Phi) is 2.84. The van der Waals surface area contributed by atoms with Crippen LogP contribution >= 0.6 is 0 Å². The third-order valence-electron chi connectivity index (χ3n) is 2.86. The quantitative estimate of drug-likeness (QED) is 0.751. The molecule has 0 aliphatic carbocycles. The Balaban J connectivity index is 2.13. The third kappa shape index (κ3) is 1.67. The number of hydrogen-bond acceptors (Lipinski definition) is 3. The molecular weight excluding hydrogens is 176 g/mol. The predicted octanol–water partition coefficient (Wildman–Crippen LogP) is 0.894. The number of likely N-dealkylation sites (tertiary alicyclic amines) is 1. The van der Waals surface area contributed by atoms with E-state index in [0.29, 0.717) is 6.04 Å². The van der Waals surface area contributed by atoms with E-state index in [1.54, 1.807) is 6.20 Å². The Hall–Kier alpha value is -0.870. The number of H-pyrrole nitrogens is 1. The molecule has 3 N–H and O–H groups in total. The average molecular weight is 194 g/mol. The van der Waals surface area contributed by atoms with Crippen LogP contribution in [0, 0.1) is 0 Å². The number of nitrogens with zero attached hydrogens (tertiary/aromatic N) is 2. The normalized spacial score (nSPS) is 28.4. The van der Waals surface area contributed by atoms with Gasteiger partial charge in [0.25, 0.3) is 0 Å². The average Bonchev–Trinajstić information content (AvgIpc) is 2.76. The summed E-state index contributed by atoms with van der Waals surface area (Å²) >= 11 is 0. The Labute approximate surface area is 84.5 Å². The molecule has 1 aromatic heterocycles. The number of imidazole rings is 1. The molecule has 4 nitrogen and oxygen atoms in total. The minimum absolute atomic E-state index is 0.229. The summed E-state index contributed by atoms with van der Waals surface area (Å²) in [6.07, 6.45) is 5.91. The fourth-order valence-corrected chi connectivity index (χ4v) is 2.24. The van der Waals surface area contributed by atoms with Crippen LogP contribution in [0.25, 0.3) is 0 Å². The van der Waals surface area contributed by atoms with Crippen molar-refractivity contribution in [3.8, 4) is 0 Å². The highest BCUT2D eigenvalue weighted by atomic mass is 15.2. The van der Waals surface area contributed by atoms with Crippen molar-refractivity contribution < 1.29 is 0 Å². The molecule has 4 heteroatoms. The lowest BCUT2D eigenvalue weighted by atomic mass is 10.1. The first-order valence-corrected chi connectivity index (χ1v) is 5.32. The number of aromatic amines is 1. The van der Waals surface area contributed by atoms with Gasteiger partial charge in [0, 0.05) is 25.0 Å². The SMILES string of the molecule is CCCN1CC[C@H](N)[C@H]1c1ncc[nH]1. The smallest absolute Gasteiger partial charge is 0.125 e. The number of nitrogens with two attached hydrogens (primary N) is 1. The molecule has 78 valence electrons. The van der Waals surface area contributed by atoms with E-state index in [4.69, 9.17) is 5.73 Å².